The molecule has 0 radical (unpaired) electrons. The summed E-state index contributed by atoms with van der Waals surface area (Å²) in [5, 5.41) is 2.73. The zero-order valence-corrected chi connectivity index (χ0v) is 18.0. The average Bonchev–Trinajstić information content (AvgIpc) is 3.23. The molecule has 1 N–H and O–H groups in total. The van der Waals surface area contributed by atoms with Gasteiger partial charge in [0.2, 0.25) is 15.9 Å². The molecule has 7 nitrogen and oxygen atoms in total. The van der Waals surface area contributed by atoms with Crippen molar-refractivity contribution in [3.63, 3.8) is 0 Å². The Morgan fingerprint density at radius 3 is 2.55 bits per heavy atom. The SMILES string of the molecule is COc1cc(CNC(=O)C2CCCN2S(=O)(=O)c2ccc(C)cc2)ccc1OC(F)F. The molecule has 1 fully saturated rings. The van der Waals surface area contributed by atoms with Gasteiger partial charge in [0.15, 0.2) is 11.5 Å². The number of hydrogen-bond donors (Lipinski definition) is 1. The number of nitrogens with one attached hydrogen (secondary N) is 1. The lowest BCUT2D eigenvalue weighted by Gasteiger charge is -2.23. The highest BCUT2D eigenvalue weighted by Gasteiger charge is 2.39. The van der Waals surface area contributed by atoms with Gasteiger partial charge in [0.25, 0.3) is 0 Å². The van der Waals surface area contributed by atoms with Crippen LogP contribution in [0.1, 0.15) is 24.0 Å². The number of hydrogen-bond acceptors (Lipinski definition) is 5. The molecule has 10 heteroatoms. The van der Waals surface area contributed by atoms with Crippen LogP contribution in [0.4, 0.5) is 8.78 Å². The molecule has 168 valence electrons. The molecule has 31 heavy (non-hydrogen) atoms. The first-order valence-corrected chi connectivity index (χ1v) is 11.1. The van der Waals surface area contributed by atoms with Gasteiger partial charge in [-0.15, -0.1) is 0 Å². The summed E-state index contributed by atoms with van der Waals surface area (Å²) < 4.78 is 61.6. The van der Waals surface area contributed by atoms with Crippen LogP contribution in [0.25, 0.3) is 0 Å². The van der Waals surface area contributed by atoms with Gasteiger partial charge in [-0.2, -0.15) is 13.1 Å². The first-order valence-electron chi connectivity index (χ1n) is 9.70. The maximum atomic E-state index is 13.0. The molecule has 1 aliphatic heterocycles. The number of benzene rings is 2. The number of rotatable bonds is 8. The number of alkyl halides is 2. The Morgan fingerprint density at radius 1 is 1.19 bits per heavy atom. The van der Waals surface area contributed by atoms with E-state index in [1.807, 2.05) is 6.92 Å². The summed E-state index contributed by atoms with van der Waals surface area (Å²) in [7, 11) is -2.47. The second kappa shape index (κ2) is 9.61. The van der Waals surface area contributed by atoms with Gasteiger partial charge in [-0.05, 0) is 49.6 Å². The van der Waals surface area contributed by atoms with Gasteiger partial charge in [0, 0.05) is 13.1 Å². The molecule has 0 bridgehead atoms. The third-order valence-corrected chi connectivity index (χ3v) is 6.97. The highest BCUT2D eigenvalue weighted by Crippen LogP contribution is 2.30. The number of halogens is 2. The van der Waals surface area contributed by atoms with Crippen LogP contribution in [0.2, 0.25) is 0 Å². The molecule has 1 aliphatic rings. The van der Waals surface area contributed by atoms with Crippen molar-refractivity contribution in [3.05, 3.63) is 53.6 Å². The van der Waals surface area contributed by atoms with Gasteiger partial charge >= 0.3 is 6.61 Å². The summed E-state index contributed by atoms with van der Waals surface area (Å²) in [6.07, 6.45) is 0.998. The monoisotopic (exact) mass is 454 g/mol. The average molecular weight is 454 g/mol. The first kappa shape index (κ1) is 23.0. The van der Waals surface area contributed by atoms with E-state index in [0.29, 0.717) is 18.4 Å². The van der Waals surface area contributed by atoms with Gasteiger partial charge < -0.3 is 14.8 Å². The van der Waals surface area contributed by atoms with E-state index in [1.165, 1.54) is 41.7 Å². The molecule has 1 unspecified atom stereocenters. The van der Waals surface area contributed by atoms with E-state index in [2.05, 4.69) is 10.1 Å². The van der Waals surface area contributed by atoms with Crippen LogP contribution in [0.15, 0.2) is 47.4 Å². The summed E-state index contributed by atoms with van der Waals surface area (Å²) in [4.78, 5) is 12.9. The zero-order valence-electron chi connectivity index (χ0n) is 17.2. The number of ether oxygens (including phenoxy) is 2. The summed E-state index contributed by atoms with van der Waals surface area (Å²) in [6.45, 7) is -0.770. The van der Waals surface area contributed by atoms with Crippen LogP contribution in [-0.2, 0) is 21.4 Å². The number of sulfonamides is 1. The standard InChI is InChI=1S/C21H24F2N2O5S/c1-14-5-8-16(9-6-14)31(27,28)25-11-3-4-17(25)20(26)24-13-15-7-10-18(30-21(22)23)19(12-15)29-2/h5-10,12,17,21H,3-4,11,13H2,1-2H3,(H,24,26). The first-order chi connectivity index (χ1) is 14.7. The Bertz CT molecular complexity index is 1030. The Labute approximate surface area is 180 Å². The largest absolute Gasteiger partial charge is 0.493 e. The van der Waals surface area contributed by atoms with E-state index in [4.69, 9.17) is 4.74 Å². The Hall–Kier alpha value is -2.72. The molecular formula is C21H24F2N2O5S. The fourth-order valence-electron chi connectivity index (χ4n) is 3.46. The van der Waals surface area contributed by atoms with Crippen molar-refractivity contribution >= 4 is 15.9 Å². The van der Waals surface area contributed by atoms with Gasteiger partial charge in [-0.3, -0.25) is 4.79 Å². The molecule has 2 aromatic rings. The van der Waals surface area contributed by atoms with E-state index in [0.717, 1.165) is 5.56 Å². The minimum atomic E-state index is -3.80. The van der Waals surface area contributed by atoms with Crippen LogP contribution >= 0.6 is 0 Å². The topological polar surface area (TPSA) is 84.9 Å². The molecule has 1 amide bonds. The van der Waals surface area contributed by atoms with E-state index >= 15 is 0 Å². The third-order valence-electron chi connectivity index (χ3n) is 5.04. The number of amides is 1. The quantitative estimate of drug-likeness (QED) is 0.663. The molecule has 3 rings (SSSR count). The maximum Gasteiger partial charge on any atom is 0.387 e. The predicted molar refractivity (Wildman–Crippen MR) is 110 cm³/mol. The maximum absolute atomic E-state index is 13.0. The smallest absolute Gasteiger partial charge is 0.387 e. The van der Waals surface area contributed by atoms with Crippen LogP contribution < -0.4 is 14.8 Å². The fraction of sp³-hybridized carbons (Fsp3) is 0.381. The second-order valence-corrected chi connectivity index (χ2v) is 9.06. The van der Waals surface area contributed by atoms with Gasteiger partial charge in [-0.25, -0.2) is 8.42 Å². The lowest BCUT2D eigenvalue weighted by atomic mass is 10.1. The van der Waals surface area contributed by atoms with E-state index < -0.39 is 28.6 Å². The minimum absolute atomic E-state index is 0.0824. The van der Waals surface area contributed by atoms with Crippen LogP contribution in [0.5, 0.6) is 11.5 Å². The van der Waals surface area contributed by atoms with Crippen molar-refractivity contribution in [3.8, 4) is 11.5 Å². The molecule has 0 spiro atoms. The highest BCUT2D eigenvalue weighted by atomic mass is 32.2. The molecule has 1 atom stereocenters. The van der Waals surface area contributed by atoms with Crippen LogP contribution in [0, 0.1) is 6.92 Å². The van der Waals surface area contributed by atoms with Crippen LogP contribution in [0.3, 0.4) is 0 Å². The molecule has 1 heterocycles. The fourth-order valence-corrected chi connectivity index (χ4v) is 5.11. The van der Waals surface area contributed by atoms with E-state index in [1.54, 1.807) is 12.1 Å². The molecule has 0 aromatic heterocycles. The molecule has 1 saturated heterocycles. The number of methoxy groups -OCH3 is 1. The molecule has 0 saturated carbocycles. The Kier molecular flexibility index (Phi) is 7.11. The second-order valence-electron chi connectivity index (χ2n) is 7.17. The van der Waals surface area contributed by atoms with Crippen molar-refractivity contribution in [1.29, 1.82) is 0 Å². The zero-order chi connectivity index (χ0) is 22.6. The summed E-state index contributed by atoms with van der Waals surface area (Å²) in [5.74, 6) is -0.421. The van der Waals surface area contributed by atoms with Gasteiger partial charge in [0.1, 0.15) is 6.04 Å². The summed E-state index contributed by atoms with van der Waals surface area (Å²) in [5.41, 5.74) is 1.54. The summed E-state index contributed by atoms with van der Waals surface area (Å²) >= 11 is 0. The lowest BCUT2D eigenvalue weighted by molar-refractivity contribution is -0.124. The number of carbonyl (C=O) groups is 1. The van der Waals surface area contributed by atoms with Gasteiger partial charge in [0.05, 0.1) is 12.0 Å². The Morgan fingerprint density at radius 2 is 1.90 bits per heavy atom. The summed E-state index contributed by atoms with van der Waals surface area (Å²) in [6, 6.07) is 10.0. The molecular weight excluding hydrogens is 430 g/mol. The van der Waals surface area contributed by atoms with E-state index in [-0.39, 0.29) is 29.5 Å². The number of nitrogens with zero attached hydrogens (tertiary/aromatic N) is 1. The highest BCUT2D eigenvalue weighted by molar-refractivity contribution is 7.89. The molecule has 0 aliphatic carbocycles. The predicted octanol–water partition coefficient (Wildman–Crippen LogP) is 3.07. The van der Waals surface area contributed by atoms with E-state index in [9.17, 15) is 22.0 Å². The third kappa shape index (κ3) is 5.31. The van der Waals surface area contributed by atoms with Crippen molar-refractivity contribution in [2.45, 2.75) is 43.9 Å². The Balaban J connectivity index is 1.69. The lowest BCUT2D eigenvalue weighted by Crippen LogP contribution is -2.45. The number of aryl methyl sites for hydroxylation is 1. The van der Waals surface area contributed by atoms with Crippen LogP contribution in [-0.4, -0.2) is 44.9 Å². The van der Waals surface area contributed by atoms with Crippen molar-refractivity contribution in [2.24, 2.45) is 0 Å². The van der Waals surface area contributed by atoms with Crippen molar-refractivity contribution in [2.75, 3.05) is 13.7 Å². The van der Waals surface area contributed by atoms with Crippen molar-refractivity contribution in [1.82, 2.24) is 9.62 Å². The molecule has 2 aromatic carbocycles. The number of carbonyl (C=O) groups excluding carboxylic acids is 1. The minimum Gasteiger partial charge on any atom is -0.493 e. The van der Waals surface area contributed by atoms with Crippen molar-refractivity contribution < 1.29 is 31.5 Å². The normalized spacial score (nSPS) is 17.0. The van der Waals surface area contributed by atoms with Gasteiger partial charge in [-0.1, -0.05) is 23.8 Å².